The van der Waals surface area contributed by atoms with Crippen molar-refractivity contribution in [1.29, 1.82) is 0 Å². The van der Waals surface area contributed by atoms with Crippen LogP contribution in [-0.4, -0.2) is 26.2 Å². The number of benzene rings is 1. The summed E-state index contributed by atoms with van der Waals surface area (Å²) in [6, 6.07) is 7.72. The fourth-order valence-corrected chi connectivity index (χ4v) is 3.31. The minimum Gasteiger partial charge on any atom is -0.373 e. The summed E-state index contributed by atoms with van der Waals surface area (Å²) in [4.78, 5) is 2.42. The predicted octanol–water partition coefficient (Wildman–Crippen LogP) is 2.75. The summed E-state index contributed by atoms with van der Waals surface area (Å²) < 4.78 is 0. The van der Waals surface area contributed by atoms with E-state index in [1.54, 1.807) is 11.1 Å². The zero-order chi connectivity index (χ0) is 12.4. The maximum atomic E-state index is 3.63. The quantitative estimate of drug-likeness (QED) is 0.879. The normalized spacial score (nSPS) is 22.8. The number of hydrogen-bond donors (Lipinski definition) is 1. The van der Waals surface area contributed by atoms with E-state index in [4.69, 9.17) is 0 Å². The second kappa shape index (κ2) is 5.31. The SMILES string of the molecule is CN(CC1CCCCN1)c1ccc2c(c1)CCC2. The van der Waals surface area contributed by atoms with Gasteiger partial charge in [0, 0.05) is 25.3 Å². The molecular formula is C16H24N2. The molecule has 1 saturated heterocycles. The molecule has 0 amide bonds. The van der Waals surface area contributed by atoms with Crippen molar-refractivity contribution in [3.63, 3.8) is 0 Å². The van der Waals surface area contributed by atoms with Crippen LogP contribution in [0.5, 0.6) is 0 Å². The third-order valence-electron chi connectivity index (χ3n) is 4.43. The first kappa shape index (κ1) is 12.0. The molecular weight excluding hydrogens is 220 g/mol. The minimum absolute atomic E-state index is 0.678. The Hall–Kier alpha value is -1.02. The molecule has 1 atom stereocenters. The van der Waals surface area contributed by atoms with Crippen molar-refractivity contribution in [1.82, 2.24) is 5.32 Å². The third kappa shape index (κ3) is 2.54. The van der Waals surface area contributed by atoms with Crippen molar-refractivity contribution < 1.29 is 0 Å². The van der Waals surface area contributed by atoms with E-state index in [1.165, 1.54) is 50.8 Å². The predicted molar refractivity (Wildman–Crippen MR) is 77.4 cm³/mol. The van der Waals surface area contributed by atoms with Crippen LogP contribution in [0.1, 0.15) is 36.8 Å². The van der Waals surface area contributed by atoms with Gasteiger partial charge in [-0.25, -0.2) is 0 Å². The monoisotopic (exact) mass is 244 g/mol. The van der Waals surface area contributed by atoms with Crippen molar-refractivity contribution in [2.45, 2.75) is 44.6 Å². The van der Waals surface area contributed by atoms with Crippen molar-refractivity contribution in [3.8, 4) is 0 Å². The van der Waals surface area contributed by atoms with Gasteiger partial charge in [0.25, 0.3) is 0 Å². The molecule has 0 bridgehead atoms. The largest absolute Gasteiger partial charge is 0.373 e. The lowest BCUT2D eigenvalue weighted by Gasteiger charge is -2.29. The first-order valence-corrected chi connectivity index (χ1v) is 7.39. The summed E-state index contributed by atoms with van der Waals surface area (Å²) in [5, 5.41) is 3.63. The molecule has 2 aliphatic rings. The van der Waals surface area contributed by atoms with E-state index in [1.807, 2.05) is 0 Å². The van der Waals surface area contributed by atoms with Gasteiger partial charge in [-0.2, -0.15) is 0 Å². The van der Waals surface area contributed by atoms with E-state index in [9.17, 15) is 0 Å². The lowest BCUT2D eigenvalue weighted by atomic mass is 10.0. The molecule has 1 aliphatic heterocycles. The van der Waals surface area contributed by atoms with Gasteiger partial charge in [0.05, 0.1) is 0 Å². The molecule has 18 heavy (non-hydrogen) atoms. The van der Waals surface area contributed by atoms with Crippen LogP contribution in [0.4, 0.5) is 5.69 Å². The first-order chi connectivity index (χ1) is 8.83. The summed E-state index contributed by atoms with van der Waals surface area (Å²) in [5.41, 5.74) is 4.54. The van der Waals surface area contributed by atoms with Gasteiger partial charge in [0.15, 0.2) is 0 Å². The van der Waals surface area contributed by atoms with Crippen molar-refractivity contribution in [3.05, 3.63) is 29.3 Å². The highest BCUT2D eigenvalue weighted by molar-refractivity contribution is 5.51. The molecule has 1 aromatic carbocycles. The van der Waals surface area contributed by atoms with Crippen LogP contribution in [-0.2, 0) is 12.8 Å². The zero-order valence-corrected chi connectivity index (χ0v) is 11.4. The molecule has 0 spiro atoms. The molecule has 2 nitrogen and oxygen atoms in total. The van der Waals surface area contributed by atoms with E-state index < -0.39 is 0 Å². The number of nitrogens with one attached hydrogen (secondary N) is 1. The Balaban J connectivity index is 1.66. The first-order valence-electron chi connectivity index (χ1n) is 7.39. The zero-order valence-electron chi connectivity index (χ0n) is 11.4. The second-order valence-corrected chi connectivity index (χ2v) is 5.83. The Kier molecular flexibility index (Phi) is 3.55. The van der Waals surface area contributed by atoms with Gasteiger partial charge in [0.1, 0.15) is 0 Å². The van der Waals surface area contributed by atoms with E-state index in [-0.39, 0.29) is 0 Å². The number of piperidine rings is 1. The lowest BCUT2D eigenvalue weighted by Crippen LogP contribution is -2.42. The molecule has 1 heterocycles. The van der Waals surface area contributed by atoms with Crippen LogP contribution in [0.15, 0.2) is 18.2 Å². The Morgan fingerprint density at radius 3 is 2.89 bits per heavy atom. The summed E-state index contributed by atoms with van der Waals surface area (Å²) in [7, 11) is 2.23. The summed E-state index contributed by atoms with van der Waals surface area (Å²) in [5.74, 6) is 0. The van der Waals surface area contributed by atoms with Crippen molar-refractivity contribution in [2.24, 2.45) is 0 Å². The second-order valence-electron chi connectivity index (χ2n) is 5.83. The Bertz CT molecular complexity index is 408. The molecule has 3 rings (SSSR count). The maximum Gasteiger partial charge on any atom is 0.0367 e. The topological polar surface area (TPSA) is 15.3 Å². The van der Waals surface area contributed by atoms with Crippen molar-refractivity contribution in [2.75, 3.05) is 25.0 Å². The minimum atomic E-state index is 0.678. The average Bonchev–Trinajstić information content (AvgIpc) is 2.87. The van der Waals surface area contributed by atoms with E-state index in [0.717, 1.165) is 6.54 Å². The number of likely N-dealkylation sites (N-methyl/N-ethyl adjacent to an activating group) is 1. The summed E-state index contributed by atoms with van der Waals surface area (Å²) >= 11 is 0. The number of hydrogen-bond acceptors (Lipinski definition) is 2. The van der Waals surface area contributed by atoms with Crippen LogP contribution < -0.4 is 10.2 Å². The van der Waals surface area contributed by atoms with Crippen LogP contribution >= 0.6 is 0 Å². The molecule has 0 aromatic heterocycles. The summed E-state index contributed by atoms with van der Waals surface area (Å²) in [6.07, 6.45) is 7.96. The highest BCUT2D eigenvalue weighted by atomic mass is 15.1. The fraction of sp³-hybridized carbons (Fsp3) is 0.625. The molecule has 0 saturated carbocycles. The molecule has 1 aromatic rings. The molecule has 2 heteroatoms. The van der Waals surface area contributed by atoms with Gasteiger partial charge in [0.2, 0.25) is 0 Å². The highest BCUT2D eigenvalue weighted by Crippen LogP contribution is 2.26. The molecule has 1 unspecified atom stereocenters. The average molecular weight is 244 g/mol. The number of aryl methyl sites for hydroxylation is 2. The third-order valence-corrected chi connectivity index (χ3v) is 4.43. The van der Waals surface area contributed by atoms with Crippen LogP contribution in [0.2, 0.25) is 0 Å². The number of nitrogens with zero attached hydrogens (tertiary/aromatic N) is 1. The van der Waals surface area contributed by atoms with E-state index >= 15 is 0 Å². The van der Waals surface area contributed by atoms with Gasteiger partial charge in [-0.05, 0) is 61.9 Å². The van der Waals surface area contributed by atoms with E-state index in [2.05, 4.69) is 35.5 Å². The fourth-order valence-electron chi connectivity index (χ4n) is 3.31. The number of fused-ring (bicyclic) bond motifs is 1. The van der Waals surface area contributed by atoms with Crippen LogP contribution in [0.25, 0.3) is 0 Å². The Morgan fingerprint density at radius 1 is 1.17 bits per heavy atom. The lowest BCUT2D eigenvalue weighted by molar-refractivity contribution is 0.403. The molecule has 1 N–H and O–H groups in total. The van der Waals surface area contributed by atoms with Gasteiger partial charge >= 0.3 is 0 Å². The molecule has 98 valence electrons. The van der Waals surface area contributed by atoms with Crippen LogP contribution in [0.3, 0.4) is 0 Å². The van der Waals surface area contributed by atoms with E-state index in [0.29, 0.717) is 6.04 Å². The maximum absolute atomic E-state index is 3.63. The van der Waals surface area contributed by atoms with Crippen molar-refractivity contribution >= 4 is 5.69 Å². The summed E-state index contributed by atoms with van der Waals surface area (Å²) in [6.45, 7) is 2.33. The molecule has 1 fully saturated rings. The van der Waals surface area contributed by atoms with Crippen LogP contribution in [0, 0.1) is 0 Å². The number of rotatable bonds is 3. The van der Waals surface area contributed by atoms with Gasteiger partial charge in [-0.1, -0.05) is 12.5 Å². The molecule has 1 aliphatic carbocycles. The Morgan fingerprint density at radius 2 is 2.06 bits per heavy atom. The highest BCUT2D eigenvalue weighted by Gasteiger charge is 2.16. The van der Waals surface area contributed by atoms with Gasteiger partial charge < -0.3 is 10.2 Å². The molecule has 0 radical (unpaired) electrons. The van der Waals surface area contributed by atoms with Gasteiger partial charge in [-0.3, -0.25) is 0 Å². The van der Waals surface area contributed by atoms with Gasteiger partial charge in [-0.15, -0.1) is 0 Å². The number of anilines is 1. The standard InChI is InChI=1S/C16H24N2/c1-18(12-15-7-2-3-10-17-15)16-9-8-13-5-4-6-14(13)11-16/h8-9,11,15,17H,2-7,10,12H2,1H3. The Labute approximate surface area is 110 Å². The smallest absolute Gasteiger partial charge is 0.0367 e.